The zero-order valence-electron chi connectivity index (χ0n) is 11.2. The van der Waals surface area contributed by atoms with Gasteiger partial charge in [-0.2, -0.15) is 0 Å². The smallest absolute Gasteiger partial charge is 0.105 e. The number of hydrogen-bond acceptors (Lipinski definition) is 2. The average Bonchev–Trinajstić information content (AvgIpc) is 2.27. The van der Waals surface area contributed by atoms with Gasteiger partial charge in [0.15, 0.2) is 0 Å². The molecule has 2 heteroatoms. The van der Waals surface area contributed by atoms with E-state index in [1.807, 2.05) is 0 Å². The number of aliphatic hydroxyl groups excluding tert-OH is 1. The van der Waals surface area contributed by atoms with Gasteiger partial charge in [0.05, 0.1) is 0 Å². The lowest BCUT2D eigenvalue weighted by atomic mass is 9.75. The maximum absolute atomic E-state index is 9.86. The van der Waals surface area contributed by atoms with Crippen molar-refractivity contribution in [2.24, 2.45) is 11.8 Å². The second-order valence-corrected chi connectivity index (χ2v) is 5.41. The molecule has 0 saturated heterocycles. The van der Waals surface area contributed by atoms with Crippen molar-refractivity contribution in [3.8, 4) is 0 Å². The van der Waals surface area contributed by atoms with Crippen LogP contribution < -0.4 is 5.32 Å². The third kappa shape index (κ3) is 4.06. The average molecular weight is 227 g/mol. The van der Waals surface area contributed by atoms with Crippen LogP contribution in [0.5, 0.6) is 0 Å². The number of hydrogen-bond donors (Lipinski definition) is 2. The second kappa shape index (κ2) is 7.29. The molecule has 0 aliphatic heterocycles. The van der Waals surface area contributed by atoms with Gasteiger partial charge in [0.25, 0.3) is 0 Å². The molecule has 0 radical (unpaired) electrons. The van der Waals surface area contributed by atoms with Gasteiger partial charge in [0, 0.05) is 6.04 Å². The van der Waals surface area contributed by atoms with Gasteiger partial charge < -0.3 is 5.11 Å². The Morgan fingerprint density at radius 1 is 1.25 bits per heavy atom. The Balaban J connectivity index is 2.45. The van der Waals surface area contributed by atoms with Crippen molar-refractivity contribution in [2.75, 3.05) is 0 Å². The first kappa shape index (κ1) is 14.0. The summed E-state index contributed by atoms with van der Waals surface area (Å²) in [6.45, 7) is 6.73. The molecule has 16 heavy (non-hydrogen) atoms. The van der Waals surface area contributed by atoms with Gasteiger partial charge in [-0.1, -0.05) is 46.5 Å². The summed E-state index contributed by atoms with van der Waals surface area (Å²) >= 11 is 0. The summed E-state index contributed by atoms with van der Waals surface area (Å²) in [5.74, 6) is 1.59. The standard InChI is InChI=1S/C14H29NO/c1-4-8-14(16)15-13(5-2)12-10-7-6-9-11(12)3/h11-16H,4-10H2,1-3H3. The molecule has 4 atom stereocenters. The zero-order valence-corrected chi connectivity index (χ0v) is 11.2. The van der Waals surface area contributed by atoms with Gasteiger partial charge >= 0.3 is 0 Å². The summed E-state index contributed by atoms with van der Waals surface area (Å²) < 4.78 is 0. The van der Waals surface area contributed by atoms with E-state index in [0.717, 1.165) is 31.1 Å². The van der Waals surface area contributed by atoms with Crippen molar-refractivity contribution in [1.29, 1.82) is 0 Å². The first-order valence-electron chi connectivity index (χ1n) is 7.13. The highest BCUT2D eigenvalue weighted by Crippen LogP contribution is 2.33. The summed E-state index contributed by atoms with van der Waals surface area (Å²) in [5.41, 5.74) is 0. The van der Waals surface area contributed by atoms with E-state index in [9.17, 15) is 5.11 Å². The predicted octanol–water partition coefficient (Wildman–Crippen LogP) is 3.30. The lowest BCUT2D eigenvalue weighted by Gasteiger charge is -2.36. The van der Waals surface area contributed by atoms with Crippen LogP contribution in [0.4, 0.5) is 0 Å². The molecule has 0 bridgehead atoms. The highest BCUT2D eigenvalue weighted by Gasteiger charge is 2.28. The van der Waals surface area contributed by atoms with Gasteiger partial charge in [0.1, 0.15) is 6.23 Å². The van der Waals surface area contributed by atoms with E-state index in [-0.39, 0.29) is 6.23 Å². The fourth-order valence-corrected chi connectivity index (χ4v) is 3.09. The van der Waals surface area contributed by atoms with Gasteiger partial charge in [-0.25, -0.2) is 0 Å². The van der Waals surface area contributed by atoms with Crippen LogP contribution in [0.15, 0.2) is 0 Å². The molecular formula is C14H29NO. The topological polar surface area (TPSA) is 32.3 Å². The molecule has 1 fully saturated rings. The highest BCUT2D eigenvalue weighted by atomic mass is 16.3. The van der Waals surface area contributed by atoms with Crippen molar-refractivity contribution in [3.63, 3.8) is 0 Å². The van der Waals surface area contributed by atoms with E-state index >= 15 is 0 Å². The van der Waals surface area contributed by atoms with Crippen LogP contribution >= 0.6 is 0 Å². The molecule has 96 valence electrons. The molecule has 0 aromatic carbocycles. The molecule has 0 aromatic rings. The third-order valence-electron chi connectivity index (χ3n) is 4.10. The second-order valence-electron chi connectivity index (χ2n) is 5.41. The first-order valence-corrected chi connectivity index (χ1v) is 7.13. The molecule has 0 heterocycles. The van der Waals surface area contributed by atoms with Crippen LogP contribution in [-0.4, -0.2) is 17.4 Å². The van der Waals surface area contributed by atoms with Crippen LogP contribution in [-0.2, 0) is 0 Å². The Morgan fingerprint density at radius 2 is 1.94 bits per heavy atom. The minimum Gasteiger partial charge on any atom is -0.379 e. The van der Waals surface area contributed by atoms with Crippen molar-refractivity contribution in [1.82, 2.24) is 5.32 Å². The Bertz CT molecular complexity index is 184. The van der Waals surface area contributed by atoms with Crippen molar-refractivity contribution < 1.29 is 5.11 Å². The van der Waals surface area contributed by atoms with Crippen molar-refractivity contribution in [2.45, 2.75) is 78.0 Å². The molecule has 0 amide bonds. The summed E-state index contributed by atoms with van der Waals surface area (Å²) in [6.07, 6.45) is 8.23. The molecule has 2 nitrogen and oxygen atoms in total. The molecule has 1 saturated carbocycles. The Kier molecular flexibility index (Phi) is 6.37. The summed E-state index contributed by atoms with van der Waals surface area (Å²) in [4.78, 5) is 0. The number of aliphatic hydroxyl groups is 1. The summed E-state index contributed by atoms with van der Waals surface area (Å²) in [6, 6.07) is 0.511. The highest BCUT2D eigenvalue weighted by molar-refractivity contribution is 4.83. The molecule has 0 spiro atoms. The van der Waals surface area contributed by atoms with Gasteiger partial charge in [0.2, 0.25) is 0 Å². The minimum absolute atomic E-state index is 0.302. The predicted molar refractivity (Wildman–Crippen MR) is 69.3 cm³/mol. The molecule has 1 aliphatic rings. The lowest BCUT2D eigenvalue weighted by molar-refractivity contribution is 0.0793. The van der Waals surface area contributed by atoms with Crippen molar-refractivity contribution >= 4 is 0 Å². The Hall–Kier alpha value is -0.0800. The maximum Gasteiger partial charge on any atom is 0.105 e. The molecule has 2 N–H and O–H groups in total. The summed E-state index contributed by atoms with van der Waals surface area (Å²) in [5, 5.41) is 13.3. The fourth-order valence-electron chi connectivity index (χ4n) is 3.09. The van der Waals surface area contributed by atoms with E-state index in [4.69, 9.17) is 0 Å². The SMILES string of the molecule is CCCC(O)NC(CC)C1CCCCC1C. The quantitative estimate of drug-likeness (QED) is 0.682. The number of rotatable bonds is 6. The third-order valence-corrected chi connectivity index (χ3v) is 4.10. The maximum atomic E-state index is 9.86. The lowest BCUT2D eigenvalue weighted by Crippen LogP contribution is -2.45. The van der Waals surface area contributed by atoms with Crippen LogP contribution in [0, 0.1) is 11.8 Å². The largest absolute Gasteiger partial charge is 0.379 e. The van der Waals surface area contributed by atoms with Gasteiger partial charge in [-0.3, -0.25) is 5.32 Å². The fraction of sp³-hybridized carbons (Fsp3) is 1.00. The molecule has 1 aliphatic carbocycles. The van der Waals surface area contributed by atoms with Crippen molar-refractivity contribution in [3.05, 3.63) is 0 Å². The first-order chi connectivity index (χ1) is 7.69. The van der Waals surface area contributed by atoms with E-state index in [0.29, 0.717) is 6.04 Å². The van der Waals surface area contributed by atoms with E-state index in [1.54, 1.807) is 0 Å². The van der Waals surface area contributed by atoms with Crippen LogP contribution in [0.25, 0.3) is 0 Å². The van der Waals surface area contributed by atoms with E-state index < -0.39 is 0 Å². The number of nitrogens with one attached hydrogen (secondary N) is 1. The summed E-state index contributed by atoms with van der Waals surface area (Å²) in [7, 11) is 0. The van der Waals surface area contributed by atoms with Gasteiger partial charge in [-0.15, -0.1) is 0 Å². The molecule has 1 rings (SSSR count). The Labute approximate surface area is 101 Å². The van der Waals surface area contributed by atoms with Crippen LogP contribution in [0.1, 0.15) is 65.7 Å². The van der Waals surface area contributed by atoms with Crippen LogP contribution in [0.2, 0.25) is 0 Å². The molecule has 0 aromatic heterocycles. The van der Waals surface area contributed by atoms with E-state index in [2.05, 4.69) is 26.1 Å². The Morgan fingerprint density at radius 3 is 2.50 bits per heavy atom. The molecule has 4 unspecified atom stereocenters. The minimum atomic E-state index is -0.302. The van der Waals surface area contributed by atoms with Crippen LogP contribution in [0.3, 0.4) is 0 Å². The van der Waals surface area contributed by atoms with E-state index in [1.165, 1.54) is 25.7 Å². The zero-order chi connectivity index (χ0) is 12.0. The monoisotopic (exact) mass is 227 g/mol. The molecular weight excluding hydrogens is 198 g/mol. The van der Waals surface area contributed by atoms with Gasteiger partial charge in [-0.05, 0) is 31.1 Å². The normalized spacial score (nSPS) is 30.0.